The van der Waals surface area contributed by atoms with Crippen LogP contribution in [0.3, 0.4) is 0 Å². The highest BCUT2D eigenvalue weighted by molar-refractivity contribution is 7.07. The Morgan fingerprint density at radius 2 is 1.91 bits per heavy atom. The topological polar surface area (TPSA) is 111 Å². The number of hydrogen-bond donors (Lipinski definition) is 1. The van der Waals surface area contributed by atoms with Gasteiger partial charge in [0.2, 0.25) is 4.80 Å². The van der Waals surface area contributed by atoms with Gasteiger partial charge in [-0.2, -0.15) is 5.10 Å². The van der Waals surface area contributed by atoms with Crippen LogP contribution in [0.15, 0.2) is 88.3 Å². The fourth-order valence-corrected chi connectivity index (χ4v) is 4.42. The summed E-state index contributed by atoms with van der Waals surface area (Å²) in [6.07, 6.45) is 1.46. The lowest BCUT2D eigenvalue weighted by Crippen LogP contribution is -2.25. The lowest BCUT2D eigenvalue weighted by atomic mass is 10.1. The van der Waals surface area contributed by atoms with Crippen molar-refractivity contribution in [3.8, 4) is 17.0 Å². The molecule has 3 aromatic carbocycles. The van der Waals surface area contributed by atoms with E-state index < -0.39 is 4.92 Å². The second-order valence-electron chi connectivity index (χ2n) is 7.63. The Morgan fingerprint density at radius 3 is 2.74 bits per heavy atom. The number of fused-ring (bicyclic) bond motifs is 1. The molecule has 1 aliphatic rings. The second kappa shape index (κ2) is 9.74. The van der Waals surface area contributed by atoms with Gasteiger partial charge in [-0.15, -0.1) is 11.3 Å². The van der Waals surface area contributed by atoms with Gasteiger partial charge in [-0.1, -0.05) is 42.5 Å². The Bertz CT molecular complexity index is 1510. The minimum absolute atomic E-state index is 0.0204. The van der Waals surface area contributed by atoms with Crippen LogP contribution in [0.2, 0.25) is 0 Å². The number of carbonyl (C=O) groups is 1. The van der Waals surface area contributed by atoms with Gasteiger partial charge in [0.25, 0.3) is 11.6 Å². The summed E-state index contributed by atoms with van der Waals surface area (Å²) in [5.41, 5.74) is 3.46. The fourth-order valence-electron chi connectivity index (χ4n) is 3.59. The zero-order valence-corrected chi connectivity index (χ0v) is 19.1. The zero-order chi connectivity index (χ0) is 24.2. The van der Waals surface area contributed by atoms with E-state index in [1.807, 2.05) is 47.8 Å². The number of para-hydroxylation sites is 1. The first-order chi connectivity index (χ1) is 17.1. The molecule has 9 nitrogen and oxygen atoms in total. The molecule has 0 spiro atoms. The highest BCUT2D eigenvalue weighted by atomic mass is 32.1. The predicted octanol–water partition coefficient (Wildman–Crippen LogP) is 4.44. The van der Waals surface area contributed by atoms with E-state index in [2.05, 4.69) is 10.4 Å². The van der Waals surface area contributed by atoms with Crippen molar-refractivity contribution in [3.63, 3.8) is 0 Å². The molecule has 2 heterocycles. The first kappa shape index (κ1) is 22.2. The summed E-state index contributed by atoms with van der Waals surface area (Å²) in [5, 5.41) is 20.7. The van der Waals surface area contributed by atoms with E-state index in [4.69, 9.17) is 9.73 Å². The molecule has 0 saturated carbocycles. The summed E-state index contributed by atoms with van der Waals surface area (Å²) in [6.45, 7) is 0.434. The maximum atomic E-state index is 11.8. The summed E-state index contributed by atoms with van der Waals surface area (Å²) < 4.78 is 7.11. The monoisotopic (exact) mass is 485 g/mol. The average molecular weight is 486 g/mol. The number of ether oxygens (including phenoxy) is 1. The molecule has 1 aromatic heterocycles. The molecule has 174 valence electrons. The van der Waals surface area contributed by atoms with E-state index in [0.29, 0.717) is 28.3 Å². The number of aromatic nitrogens is 1. The lowest BCUT2D eigenvalue weighted by Gasteiger charge is -2.18. The number of nitrogens with one attached hydrogen (secondary N) is 1. The van der Waals surface area contributed by atoms with Crippen LogP contribution in [0.4, 0.5) is 11.4 Å². The van der Waals surface area contributed by atoms with Crippen LogP contribution in [-0.2, 0) is 11.3 Å². The molecule has 0 radical (unpaired) electrons. The van der Waals surface area contributed by atoms with Gasteiger partial charge in [-0.25, -0.2) is 4.68 Å². The summed E-state index contributed by atoms with van der Waals surface area (Å²) in [7, 11) is 0. The predicted molar refractivity (Wildman–Crippen MR) is 134 cm³/mol. The molecule has 10 heteroatoms. The molecule has 0 bridgehead atoms. The van der Waals surface area contributed by atoms with Gasteiger partial charge >= 0.3 is 0 Å². The van der Waals surface area contributed by atoms with E-state index in [1.165, 1.54) is 23.6 Å². The van der Waals surface area contributed by atoms with Crippen LogP contribution < -0.4 is 14.9 Å². The fraction of sp³-hybridized carbons (Fsp3) is 0.0800. The van der Waals surface area contributed by atoms with Crippen molar-refractivity contribution < 1.29 is 14.5 Å². The van der Waals surface area contributed by atoms with Gasteiger partial charge in [0, 0.05) is 17.0 Å². The molecule has 0 saturated heterocycles. The molecule has 1 N–H and O–H groups in total. The van der Waals surface area contributed by atoms with Crippen LogP contribution in [0.25, 0.3) is 11.3 Å². The minimum atomic E-state index is -0.437. The van der Waals surface area contributed by atoms with Gasteiger partial charge in [0.05, 0.1) is 34.6 Å². The first-order valence-corrected chi connectivity index (χ1v) is 11.6. The Balaban J connectivity index is 1.59. The van der Waals surface area contributed by atoms with Gasteiger partial charge in [0.1, 0.15) is 5.75 Å². The summed E-state index contributed by atoms with van der Waals surface area (Å²) in [4.78, 5) is 28.1. The molecule has 5 rings (SSSR count). The number of nitro groups is 1. The number of amides is 1. The normalized spacial score (nSPS) is 13.4. The largest absolute Gasteiger partial charge is 0.482 e. The molecule has 0 unspecified atom stereocenters. The smallest absolute Gasteiger partial charge is 0.278 e. The summed E-state index contributed by atoms with van der Waals surface area (Å²) >= 11 is 1.40. The third-order valence-corrected chi connectivity index (χ3v) is 6.13. The van der Waals surface area contributed by atoms with Crippen molar-refractivity contribution in [1.29, 1.82) is 0 Å². The molecule has 1 aliphatic heterocycles. The third-order valence-electron chi connectivity index (χ3n) is 5.28. The Kier molecular flexibility index (Phi) is 6.18. The number of nitrogens with zero attached hydrogens (tertiary/aromatic N) is 4. The molecule has 1 amide bonds. The molecule has 4 aromatic rings. The van der Waals surface area contributed by atoms with Gasteiger partial charge in [-0.05, 0) is 29.8 Å². The van der Waals surface area contributed by atoms with Crippen molar-refractivity contribution >= 4 is 34.8 Å². The Hall–Kier alpha value is -4.57. The minimum Gasteiger partial charge on any atom is -0.482 e. The molecular weight excluding hydrogens is 466 g/mol. The quantitative estimate of drug-likeness (QED) is 0.247. The molecule has 0 atom stereocenters. The maximum Gasteiger partial charge on any atom is 0.278 e. The van der Waals surface area contributed by atoms with Crippen molar-refractivity contribution in [2.24, 2.45) is 10.1 Å². The van der Waals surface area contributed by atoms with E-state index in [1.54, 1.807) is 28.9 Å². The van der Waals surface area contributed by atoms with E-state index >= 15 is 0 Å². The van der Waals surface area contributed by atoms with Crippen LogP contribution in [0.5, 0.6) is 5.75 Å². The number of anilines is 1. The van der Waals surface area contributed by atoms with Crippen molar-refractivity contribution in [3.05, 3.63) is 104 Å². The molecule has 0 aliphatic carbocycles. The number of thiazole rings is 1. The summed E-state index contributed by atoms with van der Waals surface area (Å²) in [6, 6.07) is 21.7. The third kappa shape index (κ3) is 4.87. The van der Waals surface area contributed by atoms with E-state index in [0.717, 1.165) is 16.8 Å². The highest BCUT2D eigenvalue weighted by Crippen LogP contribution is 2.33. The maximum absolute atomic E-state index is 11.8. The number of carbonyl (C=O) groups excluding carboxylic acids is 1. The first-order valence-electron chi connectivity index (χ1n) is 10.7. The number of benzene rings is 3. The molecule has 35 heavy (non-hydrogen) atoms. The van der Waals surface area contributed by atoms with Gasteiger partial charge < -0.3 is 10.1 Å². The van der Waals surface area contributed by atoms with Crippen molar-refractivity contribution in [2.75, 3.05) is 11.9 Å². The second-order valence-corrected chi connectivity index (χ2v) is 8.46. The van der Waals surface area contributed by atoms with Crippen LogP contribution in [0.1, 0.15) is 11.1 Å². The number of hydrogen-bond acceptors (Lipinski definition) is 7. The summed E-state index contributed by atoms with van der Waals surface area (Å²) in [5.74, 6) is 0.369. The molecule has 0 fully saturated rings. The van der Waals surface area contributed by atoms with Gasteiger partial charge in [0.15, 0.2) is 6.61 Å². The number of rotatable bonds is 6. The van der Waals surface area contributed by atoms with Gasteiger partial charge in [-0.3, -0.25) is 19.9 Å². The van der Waals surface area contributed by atoms with E-state index in [9.17, 15) is 14.9 Å². The Morgan fingerprint density at radius 1 is 1.11 bits per heavy atom. The Labute approximate surface area is 203 Å². The van der Waals surface area contributed by atoms with Crippen molar-refractivity contribution in [1.82, 2.24) is 4.68 Å². The van der Waals surface area contributed by atoms with Crippen LogP contribution in [0, 0.1) is 10.1 Å². The average Bonchev–Trinajstić information content (AvgIpc) is 3.29. The van der Waals surface area contributed by atoms with E-state index in [-0.39, 0.29) is 18.2 Å². The standard InChI is InChI=1S/C25H19N5O4S/c31-24-15-34-23-11-10-18(12-20(23)28-24)22-16-35-25(26-13-17-6-2-1-3-7-17)29(22)27-14-19-8-4-5-9-21(19)30(32)33/h1-12,14,16H,13,15H2,(H,28,31). The zero-order valence-electron chi connectivity index (χ0n) is 18.3. The SMILES string of the molecule is O=C1COc2ccc(-c3csc(=NCc4ccccc4)n3N=Cc3ccccc3[N+](=O)[O-])cc2N1. The highest BCUT2D eigenvalue weighted by Gasteiger charge is 2.18. The number of nitro benzene ring substituents is 1. The van der Waals surface area contributed by atoms with Crippen LogP contribution >= 0.6 is 11.3 Å². The molecular formula is C25H19N5O4S. The van der Waals surface area contributed by atoms with Crippen molar-refractivity contribution in [2.45, 2.75) is 6.54 Å². The van der Waals surface area contributed by atoms with Crippen LogP contribution in [-0.4, -0.2) is 28.3 Å². The lowest BCUT2D eigenvalue weighted by molar-refractivity contribution is -0.385.